The number of carbonyl (C=O) groups is 4. The van der Waals surface area contributed by atoms with E-state index >= 15 is 0 Å². The number of ether oxygens (including phenoxy) is 2. The molecule has 0 aromatic heterocycles. The maximum Gasteiger partial charge on any atom is 0.261 e. The van der Waals surface area contributed by atoms with E-state index in [9.17, 15) is 19.2 Å². The molecule has 0 bridgehead atoms. The molecular weight excluding hydrogens is 892 g/mol. The largest absolute Gasteiger partial charge is 0.494 e. The van der Waals surface area contributed by atoms with Crippen LogP contribution < -0.4 is 9.47 Å². The molecule has 0 fully saturated rings. The summed E-state index contributed by atoms with van der Waals surface area (Å²) in [6.45, 7) is 14.3. The summed E-state index contributed by atoms with van der Waals surface area (Å²) in [6.07, 6.45) is 10.8. The first kappa shape index (κ1) is 46.9. The highest BCUT2D eigenvalue weighted by Crippen LogP contribution is 2.50. The predicted octanol–water partition coefficient (Wildman–Crippen LogP) is 14.9. The molecule has 0 radical (unpaired) electrons. The number of imide groups is 2. The van der Waals surface area contributed by atoms with Gasteiger partial charge >= 0.3 is 0 Å². The Bertz CT molecular complexity index is 3070. The van der Waals surface area contributed by atoms with Gasteiger partial charge in [-0.25, -0.2) is 0 Å². The fraction of sp³-hybridized carbons (Fsp3) is 0.310. The second kappa shape index (κ2) is 19.4. The van der Waals surface area contributed by atoms with E-state index in [0.717, 1.165) is 61.2 Å². The molecule has 68 heavy (non-hydrogen) atoms. The zero-order chi connectivity index (χ0) is 48.0. The molecule has 0 aliphatic carbocycles. The quantitative estimate of drug-likeness (QED) is 0.0368. The number of amides is 4. The first-order valence-electron chi connectivity index (χ1n) is 23.7. The van der Waals surface area contributed by atoms with E-state index in [4.69, 9.17) is 32.7 Å². The minimum absolute atomic E-state index is 0.0441. The normalized spacial score (nSPS) is 14.4. The number of halogens is 2. The first-order chi connectivity index (χ1) is 32.7. The SMILES string of the molecule is CC(C)=CCC[C@H](C)CCOc1ccc(CN2C(=O)c3ccc4c5c(Cl)cc6c7c(cc(Cl)c(c8ccc(c3c48)C2=O)c75)C(=O)N(Cc2ccc(OCC[C@@H](C)CCC=C(C)C)cc2)C6=O)cc1. The molecule has 0 saturated carbocycles. The van der Waals surface area contributed by atoms with Gasteiger partial charge in [0, 0.05) is 48.1 Å². The number of rotatable bonds is 18. The molecule has 7 aromatic rings. The van der Waals surface area contributed by atoms with E-state index in [2.05, 4.69) is 53.7 Å². The fourth-order valence-corrected chi connectivity index (χ4v) is 10.5. The summed E-state index contributed by atoms with van der Waals surface area (Å²) in [6, 6.07) is 25.5. The van der Waals surface area contributed by atoms with Gasteiger partial charge < -0.3 is 9.47 Å². The number of benzene rings is 7. The Morgan fingerprint density at radius 2 is 0.868 bits per heavy atom. The second-order valence-electron chi connectivity index (χ2n) is 19.3. The van der Waals surface area contributed by atoms with Gasteiger partial charge in [0.25, 0.3) is 23.6 Å². The molecule has 2 aliphatic heterocycles. The number of nitrogens with zero attached hydrogens (tertiary/aromatic N) is 2. The van der Waals surface area contributed by atoms with Gasteiger partial charge in [-0.3, -0.25) is 29.0 Å². The summed E-state index contributed by atoms with van der Waals surface area (Å²) < 4.78 is 12.1. The summed E-state index contributed by atoms with van der Waals surface area (Å²) in [4.78, 5) is 60.0. The van der Waals surface area contributed by atoms with E-state index in [1.54, 1.807) is 24.3 Å². The third-order valence-corrected chi connectivity index (χ3v) is 14.2. The lowest BCUT2D eigenvalue weighted by atomic mass is 9.82. The highest BCUT2D eigenvalue weighted by Gasteiger charge is 2.38. The average Bonchev–Trinajstić information content (AvgIpc) is 3.31. The molecule has 4 amide bonds. The molecule has 0 saturated heterocycles. The number of hydrogen-bond acceptors (Lipinski definition) is 6. The molecule has 7 aromatic carbocycles. The maximum absolute atomic E-state index is 14.4. The van der Waals surface area contributed by atoms with Gasteiger partial charge in [0.2, 0.25) is 0 Å². The van der Waals surface area contributed by atoms with Crippen molar-refractivity contribution in [1.29, 1.82) is 0 Å². The van der Waals surface area contributed by atoms with Crippen molar-refractivity contribution in [2.24, 2.45) is 11.8 Å². The Hall–Kier alpha value is -6.22. The van der Waals surface area contributed by atoms with E-state index in [0.29, 0.717) is 100 Å². The van der Waals surface area contributed by atoms with Crippen molar-refractivity contribution in [1.82, 2.24) is 9.80 Å². The van der Waals surface area contributed by atoms with Crippen molar-refractivity contribution in [3.63, 3.8) is 0 Å². The van der Waals surface area contributed by atoms with Crippen LogP contribution in [0.15, 0.2) is 108 Å². The molecule has 348 valence electrons. The smallest absolute Gasteiger partial charge is 0.261 e. The summed E-state index contributed by atoms with van der Waals surface area (Å²) in [5.74, 6) is 0.818. The number of fused-ring (bicyclic) bond motifs is 2. The van der Waals surface area contributed by atoms with Crippen molar-refractivity contribution in [2.75, 3.05) is 13.2 Å². The molecule has 0 N–H and O–H groups in total. The average molecular weight is 948 g/mol. The summed E-state index contributed by atoms with van der Waals surface area (Å²) >= 11 is 14.4. The van der Waals surface area contributed by atoms with Crippen LogP contribution in [0.5, 0.6) is 11.5 Å². The monoisotopic (exact) mass is 946 g/mol. The van der Waals surface area contributed by atoms with Crippen LogP contribution in [0.3, 0.4) is 0 Å². The summed E-state index contributed by atoms with van der Waals surface area (Å²) in [5, 5.41) is 5.41. The van der Waals surface area contributed by atoms with Gasteiger partial charge in [-0.05, 0) is 154 Å². The lowest BCUT2D eigenvalue weighted by molar-refractivity contribution is 0.0583. The van der Waals surface area contributed by atoms with E-state index in [1.165, 1.54) is 20.9 Å². The summed E-state index contributed by atoms with van der Waals surface area (Å²) in [7, 11) is 0. The predicted molar refractivity (Wildman–Crippen MR) is 275 cm³/mol. The third kappa shape index (κ3) is 8.97. The van der Waals surface area contributed by atoms with Crippen LogP contribution in [0.4, 0.5) is 0 Å². The Morgan fingerprint density at radius 3 is 1.26 bits per heavy atom. The summed E-state index contributed by atoms with van der Waals surface area (Å²) in [5.41, 5.74) is 5.61. The van der Waals surface area contributed by atoms with Gasteiger partial charge in [0.1, 0.15) is 11.5 Å². The molecule has 2 heterocycles. The lowest BCUT2D eigenvalue weighted by Gasteiger charge is -2.31. The van der Waals surface area contributed by atoms with Crippen LogP contribution in [-0.2, 0) is 13.1 Å². The Kier molecular flexibility index (Phi) is 13.4. The topological polar surface area (TPSA) is 93.2 Å². The minimum atomic E-state index is -0.461. The lowest BCUT2D eigenvalue weighted by Crippen LogP contribution is -2.40. The molecule has 0 unspecified atom stereocenters. The third-order valence-electron chi connectivity index (χ3n) is 13.6. The number of carbonyl (C=O) groups excluding carboxylic acids is 4. The number of hydrogen-bond donors (Lipinski definition) is 0. The number of allylic oxidation sites excluding steroid dienone is 4. The van der Waals surface area contributed by atoms with E-state index in [1.807, 2.05) is 60.7 Å². The van der Waals surface area contributed by atoms with Crippen LogP contribution in [0.2, 0.25) is 10.0 Å². The van der Waals surface area contributed by atoms with Crippen molar-refractivity contribution >= 4 is 89.9 Å². The Balaban J connectivity index is 0.959. The van der Waals surface area contributed by atoms with Crippen molar-refractivity contribution in [2.45, 2.75) is 93.2 Å². The maximum atomic E-state index is 14.4. The molecular formula is C58H56Cl2N2O6. The fourth-order valence-electron chi connectivity index (χ4n) is 9.86. The second-order valence-corrected chi connectivity index (χ2v) is 20.1. The van der Waals surface area contributed by atoms with Crippen molar-refractivity contribution in [3.8, 4) is 11.5 Å². The Morgan fingerprint density at radius 1 is 0.485 bits per heavy atom. The highest BCUT2D eigenvalue weighted by molar-refractivity contribution is 6.51. The van der Waals surface area contributed by atoms with Gasteiger partial charge in [-0.15, -0.1) is 0 Å². The minimum Gasteiger partial charge on any atom is -0.494 e. The van der Waals surface area contributed by atoms with Gasteiger partial charge in [-0.2, -0.15) is 0 Å². The first-order valence-corrected chi connectivity index (χ1v) is 24.5. The van der Waals surface area contributed by atoms with Crippen LogP contribution in [-0.4, -0.2) is 46.6 Å². The van der Waals surface area contributed by atoms with Crippen molar-refractivity contribution in [3.05, 3.63) is 152 Å². The molecule has 8 nitrogen and oxygen atoms in total. The van der Waals surface area contributed by atoms with Gasteiger partial charge in [0.05, 0.1) is 37.4 Å². The molecule has 2 atom stereocenters. The molecule has 9 rings (SSSR count). The zero-order valence-corrected chi connectivity index (χ0v) is 41.1. The molecule has 0 spiro atoms. The van der Waals surface area contributed by atoms with Crippen LogP contribution in [0.1, 0.15) is 133 Å². The van der Waals surface area contributed by atoms with Crippen molar-refractivity contribution < 1.29 is 28.7 Å². The molecule has 2 aliphatic rings. The van der Waals surface area contributed by atoms with Crippen LogP contribution in [0.25, 0.3) is 43.1 Å². The molecule has 10 heteroatoms. The van der Waals surface area contributed by atoms with Crippen LogP contribution >= 0.6 is 23.2 Å². The van der Waals surface area contributed by atoms with Crippen LogP contribution in [0, 0.1) is 11.8 Å². The van der Waals surface area contributed by atoms with Gasteiger partial charge in [-0.1, -0.05) is 96.7 Å². The zero-order valence-electron chi connectivity index (χ0n) is 39.6. The van der Waals surface area contributed by atoms with Gasteiger partial charge in [0.15, 0.2) is 0 Å². The Labute approximate surface area is 407 Å². The van der Waals surface area contributed by atoms with E-state index in [-0.39, 0.29) is 13.1 Å². The highest BCUT2D eigenvalue weighted by atomic mass is 35.5. The standard InChI is InChI=1S/C58H56Cl2N2O6/c1-33(2)9-7-11-35(5)25-27-67-39-17-13-37(14-18-39)31-61-55(63)43-23-21-41-49-42(22-24-44(50(43)49)56(61)64)53-48(60)30-46-51-45(29-47(59)52(41)54(51)53)57(65)62(58(46)66)32-38-15-19-40(20-16-38)68-28-26-36(6)12-8-10-34(3)4/h9-10,13-24,29-30,35-36H,7-8,11-12,25-28,31-32H2,1-6H3/t35-,36-/m0/s1. The van der Waals surface area contributed by atoms with E-state index < -0.39 is 23.6 Å².